The molecule has 0 aromatic heterocycles. The highest BCUT2D eigenvalue weighted by molar-refractivity contribution is 8.23. The number of hydrogen-bond acceptors (Lipinski definition) is 6. The van der Waals surface area contributed by atoms with E-state index in [-0.39, 0.29) is 17.6 Å². The Bertz CT molecular complexity index is 663. The second-order valence-corrected chi connectivity index (χ2v) is 8.04. The number of rotatable bonds is 6. The van der Waals surface area contributed by atoms with E-state index in [2.05, 4.69) is 13.8 Å². The normalized spacial score (nSPS) is 20.0. The number of thiocarbonyl (C=S) groups is 1. The Morgan fingerprint density at radius 1 is 1.36 bits per heavy atom. The van der Waals surface area contributed by atoms with Crippen molar-refractivity contribution in [2.75, 3.05) is 12.9 Å². The lowest BCUT2D eigenvalue weighted by Crippen LogP contribution is -2.45. The lowest BCUT2D eigenvalue weighted by atomic mass is 9.94. The van der Waals surface area contributed by atoms with Crippen LogP contribution in [-0.2, 0) is 9.53 Å². The Hall–Kier alpha value is -1.51. The summed E-state index contributed by atoms with van der Waals surface area (Å²) in [6, 6.07) is 6.19. The van der Waals surface area contributed by atoms with Gasteiger partial charge in [0.15, 0.2) is 0 Å². The Labute approximate surface area is 157 Å². The molecule has 0 bridgehead atoms. The molecule has 25 heavy (non-hydrogen) atoms. The predicted octanol–water partition coefficient (Wildman–Crippen LogP) is 3.80. The van der Waals surface area contributed by atoms with Crippen molar-refractivity contribution in [2.24, 2.45) is 11.8 Å². The molecule has 0 radical (unpaired) electrons. The van der Waals surface area contributed by atoms with Gasteiger partial charge in [0.25, 0.3) is 5.69 Å². The zero-order chi connectivity index (χ0) is 18.7. The summed E-state index contributed by atoms with van der Waals surface area (Å²) in [6.45, 7) is 5.96. The van der Waals surface area contributed by atoms with Crippen LogP contribution in [0.25, 0.3) is 0 Å². The van der Waals surface area contributed by atoms with Gasteiger partial charge >= 0.3 is 0 Å². The SMILES string of the molecule is CO[C@H](c1ccc([N+](=O)[O-])cc1)[C@@H](C)C(=O)N1C(=S)SC[C@@H]1C(C)C. The highest BCUT2D eigenvalue weighted by atomic mass is 32.2. The van der Waals surface area contributed by atoms with Crippen molar-refractivity contribution in [3.63, 3.8) is 0 Å². The second-order valence-electron chi connectivity index (χ2n) is 6.39. The highest BCUT2D eigenvalue weighted by Gasteiger charge is 2.40. The number of thioether (sulfide) groups is 1. The van der Waals surface area contributed by atoms with Crippen molar-refractivity contribution < 1.29 is 14.5 Å². The Balaban J connectivity index is 2.23. The summed E-state index contributed by atoms with van der Waals surface area (Å²) in [5.41, 5.74) is 0.738. The van der Waals surface area contributed by atoms with E-state index in [1.54, 1.807) is 24.0 Å². The van der Waals surface area contributed by atoms with Crippen LogP contribution in [0.15, 0.2) is 24.3 Å². The van der Waals surface area contributed by atoms with Gasteiger partial charge in [0.2, 0.25) is 5.91 Å². The number of carbonyl (C=O) groups excluding carboxylic acids is 1. The molecule has 1 fully saturated rings. The third-order valence-corrected chi connectivity index (χ3v) is 5.95. The molecule has 0 N–H and O–H groups in total. The van der Waals surface area contributed by atoms with E-state index in [0.717, 1.165) is 11.3 Å². The minimum absolute atomic E-state index is 0.00887. The fourth-order valence-corrected chi connectivity index (χ4v) is 4.58. The number of nitro groups is 1. The number of hydrogen-bond donors (Lipinski definition) is 0. The minimum atomic E-state index is -0.491. The van der Waals surface area contributed by atoms with Gasteiger partial charge in [0.1, 0.15) is 4.32 Å². The number of ether oxygens (including phenoxy) is 1. The fourth-order valence-electron chi connectivity index (χ4n) is 2.94. The molecule has 6 nitrogen and oxygen atoms in total. The first-order chi connectivity index (χ1) is 11.8. The molecule has 136 valence electrons. The van der Waals surface area contributed by atoms with E-state index in [1.165, 1.54) is 31.0 Å². The Morgan fingerprint density at radius 2 is 1.96 bits per heavy atom. The molecule has 1 aromatic carbocycles. The number of benzene rings is 1. The highest BCUT2D eigenvalue weighted by Crippen LogP contribution is 2.34. The summed E-state index contributed by atoms with van der Waals surface area (Å²) in [4.78, 5) is 25.1. The van der Waals surface area contributed by atoms with Crippen LogP contribution < -0.4 is 0 Å². The van der Waals surface area contributed by atoms with Crippen LogP contribution in [0.3, 0.4) is 0 Å². The van der Waals surface area contributed by atoms with Crippen LogP contribution in [0, 0.1) is 22.0 Å². The number of carbonyl (C=O) groups is 1. The largest absolute Gasteiger partial charge is 0.376 e. The zero-order valence-corrected chi connectivity index (χ0v) is 16.3. The van der Waals surface area contributed by atoms with Gasteiger partial charge in [-0.05, 0) is 23.6 Å². The first kappa shape index (κ1) is 19.8. The first-order valence-corrected chi connectivity index (χ1v) is 9.44. The molecular weight excluding hydrogens is 360 g/mol. The molecular formula is C17H22N2O4S2. The summed E-state index contributed by atoms with van der Waals surface area (Å²) in [7, 11) is 1.53. The maximum Gasteiger partial charge on any atom is 0.269 e. The van der Waals surface area contributed by atoms with Crippen molar-refractivity contribution >= 4 is 39.9 Å². The van der Waals surface area contributed by atoms with E-state index in [4.69, 9.17) is 17.0 Å². The van der Waals surface area contributed by atoms with Crippen LogP contribution in [-0.4, -0.2) is 39.0 Å². The number of nitro benzene ring substituents is 1. The van der Waals surface area contributed by atoms with Gasteiger partial charge in [-0.25, -0.2) is 0 Å². The zero-order valence-electron chi connectivity index (χ0n) is 14.7. The molecule has 0 spiro atoms. The monoisotopic (exact) mass is 382 g/mol. The lowest BCUT2D eigenvalue weighted by molar-refractivity contribution is -0.384. The smallest absolute Gasteiger partial charge is 0.269 e. The number of methoxy groups -OCH3 is 1. The third-order valence-electron chi connectivity index (χ3n) is 4.44. The van der Waals surface area contributed by atoms with E-state index in [9.17, 15) is 14.9 Å². The average Bonchev–Trinajstić information content (AvgIpc) is 2.97. The maximum atomic E-state index is 13.1. The summed E-state index contributed by atoms with van der Waals surface area (Å²) < 4.78 is 6.15. The summed E-state index contributed by atoms with van der Waals surface area (Å²) in [6.07, 6.45) is -0.491. The standard InChI is InChI=1S/C17H22N2O4S2/c1-10(2)14-9-25-17(24)18(14)16(20)11(3)15(23-4)12-5-7-13(8-6-12)19(21)22/h5-8,10-11,14-15H,9H2,1-4H3/t11-,14-,15+/m1/s1. The minimum Gasteiger partial charge on any atom is -0.376 e. The fraction of sp³-hybridized carbons (Fsp3) is 0.529. The molecule has 1 amide bonds. The van der Waals surface area contributed by atoms with Gasteiger partial charge in [0, 0.05) is 31.0 Å². The molecule has 0 aliphatic carbocycles. The topological polar surface area (TPSA) is 72.7 Å². The predicted molar refractivity (Wildman–Crippen MR) is 103 cm³/mol. The van der Waals surface area contributed by atoms with E-state index < -0.39 is 16.9 Å². The van der Waals surface area contributed by atoms with E-state index in [0.29, 0.717) is 10.2 Å². The van der Waals surface area contributed by atoms with Gasteiger partial charge in [-0.2, -0.15) is 0 Å². The van der Waals surface area contributed by atoms with Gasteiger partial charge in [0.05, 0.1) is 16.9 Å². The summed E-state index contributed by atoms with van der Waals surface area (Å²) in [5.74, 6) is 0.595. The van der Waals surface area contributed by atoms with Crippen molar-refractivity contribution in [3.8, 4) is 0 Å². The maximum absolute atomic E-state index is 13.1. The molecule has 1 aliphatic heterocycles. The van der Waals surface area contributed by atoms with Gasteiger partial charge < -0.3 is 4.74 Å². The average molecular weight is 383 g/mol. The number of amides is 1. The molecule has 2 rings (SSSR count). The van der Waals surface area contributed by atoms with Crippen LogP contribution in [0.4, 0.5) is 5.69 Å². The molecule has 1 aliphatic rings. The quantitative estimate of drug-likeness (QED) is 0.423. The molecule has 1 heterocycles. The number of nitrogens with zero attached hydrogens (tertiary/aromatic N) is 2. The second kappa shape index (κ2) is 8.25. The van der Waals surface area contributed by atoms with Gasteiger partial charge in [-0.3, -0.25) is 19.8 Å². The molecule has 1 aromatic rings. The van der Waals surface area contributed by atoms with E-state index >= 15 is 0 Å². The third kappa shape index (κ3) is 4.19. The molecule has 0 saturated carbocycles. The van der Waals surface area contributed by atoms with E-state index in [1.807, 2.05) is 0 Å². The van der Waals surface area contributed by atoms with Gasteiger partial charge in [-0.15, -0.1) is 0 Å². The van der Waals surface area contributed by atoms with Crippen LogP contribution in [0.2, 0.25) is 0 Å². The van der Waals surface area contributed by atoms with Gasteiger partial charge in [-0.1, -0.05) is 44.8 Å². The molecule has 1 saturated heterocycles. The lowest BCUT2D eigenvalue weighted by Gasteiger charge is -2.31. The van der Waals surface area contributed by atoms with Crippen molar-refractivity contribution in [1.82, 2.24) is 4.90 Å². The summed E-state index contributed by atoms with van der Waals surface area (Å²) in [5, 5.41) is 10.8. The molecule has 0 unspecified atom stereocenters. The van der Waals surface area contributed by atoms with Crippen LogP contribution in [0.1, 0.15) is 32.4 Å². The molecule has 3 atom stereocenters. The molecule has 8 heteroatoms. The van der Waals surface area contributed by atoms with Crippen molar-refractivity contribution in [3.05, 3.63) is 39.9 Å². The Kier molecular flexibility index (Phi) is 6.53. The number of non-ortho nitro benzene ring substituents is 1. The first-order valence-electron chi connectivity index (χ1n) is 8.04. The van der Waals surface area contributed by atoms with Crippen molar-refractivity contribution in [2.45, 2.75) is 32.9 Å². The summed E-state index contributed by atoms with van der Waals surface area (Å²) >= 11 is 6.90. The van der Waals surface area contributed by atoms with Crippen LogP contribution >= 0.6 is 24.0 Å². The Morgan fingerprint density at radius 3 is 2.44 bits per heavy atom. The van der Waals surface area contributed by atoms with Crippen LogP contribution in [0.5, 0.6) is 0 Å². The van der Waals surface area contributed by atoms with Crippen molar-refractivity contribution in [1.29, 1.82) is 0 Å².